The molecule has 4 aliphatic rings. The van der Waals surface area contributed by atoms with Crippen LogP contribution in [0.25, 0.3) is 0 Å². The average Bonchev–Trinajstić information content (AvgIpc) is 2.37. The zero-order chi connectivity index (χ0) is 14.3. The molecule has 20 heavy (non-hydrogen) atoms. The number of carbonyl (C=O) groups excluding carboxylic acids is 2. The molecule has 4 heteroatoms. The highest BCUT2D eigenvalue weighted by molar-refractivity contribution is 5.35. The zero-order valence-corrected chi connectivity index (χ0v) is 12.2. The minimum atomic E-state index is -0.0122. The molecule has 0 aromatic heterocycles. The van der Waals surface area contributed by atoms with Gasteiger partial charge in [-0.2, -0.15) is 0 Å². The first-order valence-corrected chi connectivity index (χ1v) is 7.74. The van der Waals surface area contributed by atoms with Crippen molar-refractivity contribution in [3.63, 3.8) is 0 Å². The van der Waals surface area contributed by atoms with E-state index in [2.05, 4.69) is 9.98 Å². The van der Waals surface area contributed by atoms with Gasteiger partial charge in [0.15, 0.2) is 0 Å². The lowest BCUT2D eigenvalue weighted by molar-refractivity contribution is -0.125. The Labute approximate surface area is 119 Å². The Kier molecular flexibility index (Phi) is 3.40. The van der Waals surface area contributed by atoms with Crippen molar-refractivity contribution >= 4 is 12.2 Å². The summed E-state index contributed by atoms with van der Waals surface area (Å²) in [5.41, 5.74) is 0.0475. The van der Waals surface area contributed by atoms with Crippen molar-refractivity contribution in [3.05, 3.63) is 0 Å². The second-order valence-electron chi connectivity index (χ2n) is 7.22. The molecule has 0 aromatic rings. The summed E-state index contributed by atoms with van der Waals surface area (Å²) in [7, 11) is 0. The van der Waals surface area contributed by atoms with Gasteiger partial charge in [0, 0.05) is 0 Å². The van der Waals surface area contributed by atoms with Crippen LogP contribution in [0.4, 0.5) is 0 Å². The number of aliphatic imine (C=N–C) groups is 2. The van der Waals surface area contributed by atoms with Crippen molar-refractivity contribution in [1.29, 1.82) is 0 Å². The molecule has 4 saturated carbocycles. The van der Waals surface area contributed by atoms with Gasteiger partial charge >= 0.3 is 0 Å². The first kappa shape index (κ1) is 13.7. The van der Waals surface area contributed by atoms with Crippen LogP contribution in [-0.2, 0) is 9.59 Å². The van der Waals surface area contributed by atoms with Gasteiger partial charge in [-0.1, -0.05) is 0 Å². The van der Waals surface area contributed by atoms with Crippen LogP contribution in [0.5, 0.6) is 0 Å². The standard InChI is InChI=1S/C16H22N2O2/c1-10(17-8-19)15-14-4-12-3-13(5-14)7-16(15,6-12)11(2)18-9-20/h10-15H,3-7H2,1-2H3. The summed E-state index contributed by atoms with van der Waals surface area (Å²) in [4.78, 5) is 29.5. The smallest absolute Gasteiger partial charge is 0.211 e. The molecule has 0 spiro atoms. The third-order valence-corrected chi connectivity index (χ3v) is 6.30. The van der Waals surface area contributed by atoms with E-state index in [4.69, 9.17) is 0 Å². The zero-order valence-electron chi connectivity index (χ0n) is 12.2. The van der Waals surface area contributed by atoms with Crippen molar-refractivity contribution in [2.45, 2.75) is 58.0 Å². The first-order chi connectivity index (χ1) is 9.60. The van der Waals surface area contributed by atoms with Crippen LogP contribution in [0.15, 0.2) is 9.98 Å². The number of hydrogen-bond acceptors (Lipinski definition) is 4. The van der Waals surface area contributed by atoms with Crippen LogP contribution < -0.4 is 0 Å². The third-order valence-electron chi connectivity index (χ3n) is 6.30. The van der Waals surface area contributed by atoms with Crippen LogP contribution in [-0.4, -0.2) is 24.2 Å². The van der Waals surface area contributed by atoms with Crippen molar-refractivity contribution in [2.75, 3.05) is 0 Å². The molecule has 4 nitrogen and oxygen atoms in total. The fourth-order valence-corrected chi connectivity index (χ4v) is 6.01. The normalized spacial score (nSPS) is 44.3. The highest BCUT2D eigenvalue weighted by atomic mass is 16.1. The Morgan fingerprint density at radius 2 is 1.60 bits per heavy atom. The SMILES string of the molecule is CC(N=C=O)C1C2CC3CC(C2)CC1(C(C)N=C=O)C3. The molecule has 0 aliphatic heterocycles. The predicted molar refractivity (Wildman–Crippen MR) is 74.6 cm³/mol. The summed E-state index contributed by atoms with van der Waals surface area (Å²) in [6.45, 7) is 4.07. The fourth-order valence-electron chi connectivity index (χ4n) is 6.01. The van der Waals surface area contributed by atoms with E-state index in [9.17, 15) is 9.59 Å². The van der Waals surface area contributed by atoms with Crippen LogP contribution in [0.2, 0.25) is 0 Å². The Morgan fingerprint density at radius 1 is 1.00 bits per heavy atom. The van der Waals surface area contributed by atoms with Crippen molar-refractivity contribution in [1.82, 2.24) is 0 Å². The van der Waals surface area contributed by atoms with Gasteiger partial charge in [0.1, 0.15) is 0 Å². The van der Waals surface area contributed by atoms with Gasteiger partial charge < -0.3 is 0 Å². The van der Waals surface area contributed by atoms with Gasteiger partial charge in [-0.25, -0.2) is 19.6 Å². The average molecular weight is 274 g/mol. The molecule has 4 rings (SSSR count). The first-order valence-electron chi connectivity index (χ1n) is 7.74. The van der Waals surface area contributed by atoms with E-state index in [1.807, 2.05) is 13.8 Å². The Morgan fingerprint density at radius 3 is 2.15 bits per heavy atom. The maximum Gasteiger partial charge on any atom is 0.235 e. The van der Waals surface area contributed by atoms with Crippen LogP contribution in [0.3, 0.4) is 0 Å². The molecule has 4 bridgehead atoms. The minimum Gasteiger partial charge on any atom is -0.211 e. The molecule has 108 valence electrons. The van der Waals surface area contributed by atoms with Crippen LogP contribution in [0.1, 0.15) is 46.0 Å². The topological polar surface area (TPSA) is 58.9 Å². The number of isocyanates is 2. The maximum atomic E-state index is 10.7. The predicted octanol–water partition coefficient (Wildman–Crippen LogP) is 2.88. The highest BCUT2D eigenvalue weighted by Crippen LogP contribution is 2.65. The Bertz CT molecular complexity index is 477. The van der Waals surface area contributed by atoms with Crippen molar-refractivity contribution < 1.29 is 9.59 Å². The van der Waals surface area contributed by atoms with Gasteiger partial charge in [0.25, 0.3) is 0 Å². The van der Waals surface area contributed by atoms with E-state index < -0.39 is 0 Å². The number of hydrogen-bond donors (Lipinski definition) is 0. The van der Waals surface area contributed by atoms with E-state index >= 15 is 0 Å². The summed E-state index contributed by atoms with van der Waals surface area (Å²) in [6.07, 6.45) is 9.62. The van der Waals surface area contributed by atoms with E-state index in [-0.39, 0.29) is 17.5 Å². The minimum absolute atomic E-state index is 0.0114. The molecular weight excluding hydrogens is 252 g/mol. The second kappa shape index (κ2) is 4.95. The lowest BCUT2D eigenvalue weighted by Crippen LogP contribution is -2.59. The van der Waals surface area contributed by atoms with Gasteiger partial charge in [-0.15, -0.1) is 0 Å². The summed E-state index contributed by atoms with van der Waals surface area (Å²) in [6, 6.07) is -0.0236. The van der Waals surface area contributed by atoms with Gasteiger partial charge in [-0.05, 0) is 75.0 Å². The highest BCUT2D eigenvalue weighted by Gasteiger charge is 2.60. The molecule has 0 saturated heterocycles. The molecule has 0 radical (unpaired) electrons. The molecule has 0 aromatic carbocycles. The quantitative estimate of drug-likeness (QED) is 0.584. The Balaban J connectivity index is 2.01. The number of nitrogens with zero attached hydrogens (tertiary/aromatic N) is 2. The van der Waals surface area contributed by atoms with Gasteiger partial charge in [0.05, 0.1) is 12.1 Å². The maximum absolute atomic E-state index is 10.7. The molecule has 4 fully saturated rings. The fraction of sp³-hybridized carbons (Fsp3) is 0.875. The van der Waals surface area contributed by atoms with E-state index in [1.165, 1.54) is 19.3 Å². The van der Waals surface area contributed by atoms with E-state index in [0.717, 1.165) is 24.7 Å². The summed E-state index contributed by atoms with van der Waals surface area (Å²) >= 11 is 0. The summed E-state index contributed by atoms with van der Waals surface area (Å²) < 4.78 is 0. The van der Waals surface area contributed by atoms with Crippen molar-refractivity contribution in [3.8, 4) is 0 Å². The summed E-state index contributed by atoms with van der Waals surface area (Å²) in [5, 5.41) is 0. The van der Waals surface area contributed by atoms with Crippen LogP contribution >= 0.6 is 0 Å². The van der Waals surface area contributed by atoms with Crippen molar-refractivity contribution in [2.24, 2.45) is 39.1 Å². The second-order valence-corrected chi connectivity index (χ2v) is 7.22. The van der Waals surface area contributed by atoms with E-state index in [0.29, 0.717) is 11.8 Å². The third kappa shape index (κ3) is 1.90. The van der Waals surface area contributed by atoms with E-state index in [1.54, 1.807) is 12.2 Å². The molecule has 5 unspecified atom stereocenters. The molecule has 5 atom stereocenters. The molecule has 4 aliphatic carbocycles. The molecule has 0 amide bonds. The van der Waals surface area contributed by atoms with Crippen LogP contribution in [0, 0.1) is 29.1 Å². The largest absolute Gasteiger partial charge is 0.235 e. The summed E-state index contributed by atoms with van der Waals surface area (Å²) in [5.74, 6) is 2.56. The number of rotatable bonds is 4. The molecule has 0 heterocycles. The monoisotopic (exact) mass is 274 g/mol. The van der Waals surface area contributed by atoms with Gasteiger partial charge in [-0.3, -0.25) is 0 Å². The Hall–Kier alpha value is -1.24. The lowest BCUT2D eigenvalue weighted by Gasteiger charge is -2.63. The lowest BCUT2D eigenvalue weighted by atomic mass is 9.42. The molecule has 0 N–H and O–H groups in total. The molecular formula is C16H22N2O2. The van der Waals surface area contributed by atoms with Gasteiger partial charge in [0.2, 0.25) is 12.2 Å².